The maximum Gasteiger partial charge on any atom is 0.322 e. The number of amides is 2. The van der Waals surface area contributed by atoms with Crippen LogP contribution >= 0.6 is 0 Å². The number of carbonyl (C=O) groups is 1. The van der Waals surface area contributed by atoms with Crippen molar-refractivity contribution >= 4 is 11.7 Å². The Hall–Kier alpha value is -1.75. The minimum absolute atomic E-state index is 0.186. The smallest absolute Gasteiger partial charge is 0.322 e. The zero-order chi connectivity index (χ0) is 15.2. The first-order chi connectivity index (χ1) is 10.1. The first-order valence-corrected chi connectivity index (χ1v) is 7.52. The number of urea groups is 1. The van der Waals surface area contributed by atoms with Crippen LogP contribution in [0.1, 0.15) is 26.7 Å². The van der Waals surface area contributed by atoms with Gasteiger partial charge < -0.3 is 20.1 Å². The third-order valence-electron chi connectivity index (χ3n) is 3.38. The molecule has 21 heavy (non-hydrogen) atoms. The van der Waals surface area contributed by atoms with E-state index in [0.717, 1.165) is 12.8 Å². The molecule has 1 aliphatic rings. The molecule has 2 rings (SSSR count). The van der Waals surface area contributed by atoms with Crippen molar-refractivity contribution in [1.29, 1.82) is 0 Å². The highest BCUT2D eigenvalue weighted by Crippen LogP contribution is 2.25. The lowest BCUT2D eigenvalue weighted by molar-refractivity contribution is 0.0883. The quantitative estimate of drug-likeness (QED) is 0.897. The molecule has 1 atom stereocenters. The number of β-amino-alcohol motifs (C(OH)–C–C–N with tert-alkyl or cyclic N) is 1. The van der Waals surface area contributed by atoms with Gasteiger partial charge in [-0.25, -0.2) is 4.79 Å². The SMILES string of the molecule is CC(C)COc1ccccc1NC(=O)N1CCCC(O)C1. The van der Waals surface area contributed by atoms with Crippen molar-refractivity contribution in [3.63, 3.8) is 0 Å². The van der Waals surface area contributed by atoms with E-state index in [4.69, 9.17) is 4.74 Å². The fourth-order valence-electron chi connectivity index (χ4n) is 2.29. The predicted octanol–water partition coefficient (Wildman–Crippen LogP) is 2.71. The molecule has 1 heterocycles. The Bertz CT molecular complexity index is 476. The van der Waals surface area contributed by atoms with Crippen molar-refractivity contribution in [3.05, 3.63) is 24.3 Å². The van der Waals surface area contributed by atoms with Crippen LogP contribution < -0.4 is 10.1 Å². The Balaban J connectivity index is 1.99. The van der Waals surface area contributed by atoms with E-state index in [2.05, 4.69) is 19.2 Å². The van der Waals surface area contributed by atoms with E-state index in [1.165, 1.54) is 0 Å². The number of hydrogen-bond donors (Lipinski definition) is 2. The summed E-state index contributed by atoms with van der Waals surface area (Å²) in [5, 5.41) is 12.5. The highest BCUT2D eigenvalue weighted by molar-refractivity contribution is 5.91. The average Bonchev–Trinajstić information content (AvgIpc) is 2.46. The molecule has 0 saturated carbocycles. The second-order valence-electron chi connectivity index (χ2n) is 5.87. The molecular weight excluding hydrogens is 268 g/mol. The molecule has 5 nitrogen and oxygen atoms in total. The van der Waals surface area contributed by atoms with Crippen molar-refractivity contribution in [2.24, 2.45) is 5.92 Å². The predicted molar refractivity (Wildman–Crippen MR) is 82.6 cm³/mol. The van der Waals surface area contributed by atoms with Gasteiger partial charge in [0, 0.05) is 13.1 Å². The van der Waals surface area contributed by atoms with Crippen LogP contribution in [0.2, 0.25) is 0 Å². The fraction of sp³-hybridized carbons (Fsp3) is 0.562. The van der Waals surface area contributed by atoms with Gasteiger partial charge in [0.2, 0.25) is 0 Å². The number of benzene rings is 1. The Labute approximate surface area is 125 Å². The number of nitrogens with one attached hydrogen (secondary N) is 1. The van der Waals surface area contributed by atoms with Crippen LogP contribution in [-0.4, -0.2) is 41.8 Å². The number of aliphatic hydroxyl groups is 1. The van der Waals surface area contributed by atoms with Gasteiger partial charge in [-0.05, 0) is 30.9 Å². The van der Waals surface area contributed by atoms with Crippen molar-refractivity contribution in [3.8, 4) is 5.75 Å². The summed E-state index contributed by atoms with van der Waals surface area (Å²) in [4.78, 5) is 13.9. The van der Waals surface area contributed by atoms with Crippen molar-refractivity contribution < 1.29 is 14.6 Å². The molecule has 1 aromatic carbocycles. The second-order valence-corrected chi connectivity index (χ2v) is 5.87. The van der Waals surface area contributed by atoms with Gasteiger partial charge in [0.15, 0.2) is 0 Å². The normalized spacial score (nSPS) is 18.7. The van der Waals surface area contributed by atoms with Crippen LogP contribution in [0.3, 0.4) is 0 Å². The molecule has 0 aromatic heterocycles. The van der Waals surface area contributed by atoms with E-state index in [1.54, 1.807) is 4.90 Å². The summed E-state index contributed by atoms with van der Waals surface area (Å²) in [6.45, 7) is 5.83. The molecule has 0 aliphatic carbocycles. The number of carbonyl (C=O) groups excluding carboxylic acids is 1. The Morgan fingerprint density at radius 2 is 2.24 bits per heavy atom. The number of rotatable bonds is 4. The first kappa shape index (κ1) is 15.6. The maximum absolute atomic E-state index is 12.3. The van der Waals surface area contributed by atoms with E-state index in [9.17, 15) is 9.90 Å². The number of para-hydroxylation sites is 2. The largest absolute Gasteiger partial charge is 0.491 e. The summed E-state index contributed by atoms with van der Waals surface area (Å²) in [5.41, 5.74) is 0.670. The lowest BCUT2D eigenvalue weighted by Crippen LogP contribution is -2.44. The van der Waals surface area contributed by atoms with Gasteiger partial charge in [0.05, 0.1) is 18.4 Å². The minimum Gasteiger partial charge on any atom is -0.491 e. The number of likely N-dealkylation sites (tertiary alicyclic amines) is 1. The van der Waals surface area contributed by atoms with E-state index in [0.29, 0.717) is 37.1 Å². The van der Waals surface area contributed by atoms with Gasteiger partial charge in [-0.3, -0.25) is 0 Å². The standard InChI is InChI=1S/C16H24N2O3/c1-12(2)11-21-15-8-4-3-7-14(15)17-16(20)18-9-5-6-13(19)10-18/h3-4,7-8,12-13,19H,5-6,9-11H2,1-2H3,(H,17,20). The van der Waals surface area contributed by atoms with E-state index in [1.807, 2.05) is 24.3 Å². The monoisotopic (exact) mass is 292 g/mol. The molecule has 0 spiro atoms. The zero-order valence-electron chi connectivity index (χ0n) is 12.7. The summed E-state index contributed by atoms with van der Waals surface area (Å²) in [6, 6.07) is 7.24. The number of aliphatic hydroxyl groups excluding tert-OH is 1. The number of piperidine rings is 1. The lowest BCUT2D eigenvalue weighted by Gasteiger charge is -2.30. The highest BCUT2D eigenvalue weighted by atomic mass is 16.5. The number of ether oxygens (including phenoxy) is 1. The van der Waals surface area contributed by atoms with Crippen LogP contribution in [0.25, 0.3) is 0 Å². The molecule has 1 aromatic rings. The molecule has 1 unspecified atom stereocenters. The van der Waals surface area contributed by atoms with Gasteiger partial charge in [0.1, 0.15) is 5.75 Å². The molecule has 0 radical (unpaired) electrons. The molecule has 1 fully saturated rings. The van der Waals surface area contributed by atoms with Gasteiger partial charge in [-0.2, -0.15) is 0 Å². The van der Waals surface area contributed by atoms with Crippen LogP contribution in [-0.2, 0) is 0 Å². The maximum atomic E-state index is 12.3. The molecule has 1 aliphatic heterocycles. The summed E-state index contributed by atoms with van der Waals surface area (Å²) in [6.07, 6.45) is 1.18. The van der Waals surface area contributed by atoms with Crippen LogP contribution in [0.4, 0.5) is 10.5 Å². The topological polar surface area (TPSA) is 61.8 Å². The summed E-state index contributed by atoms with van der Waals surface area (Å²) < 4.78 is 5.73. The Morgan fingerprint density at radius 3 is 2.95 bits per heavy atom. The third kappa shape index (κ3) is 4.63. The number of nitrogens with zero attached hydrogens (tertiary/aromatic N) is 1. The summed E-state index contributed by atoms with van der Waals surface area (Å²) in [5.74, 6) is 1.10. The van der Waals surface area contributed by atoms with Gasteiger partial charge in [-0.1, -0.05) is 26.0 Å². The molecule has 5 heteroatoms. The average molecular weight is 292 g/mol. The molecular formula is C16H24N2O3. The van der Waals surface area contributed by atoms with Crippen LogP contribution in [0.15, 0.2) is 24.3 Å². The lowest BCUT2D eigenvalue weighted by atomic mass is 10.1. The van der Waals surface area contributed by atoms with Crippen molar-refractivity contribution in [2.45, 2.75) is 32.8 Å². The van der Waals surface area contributed by atoms with Crippen LogP contribution in [0.5, 0.6) is 5.75 Å². The van der Waals surface area contributed by atoms with E-state index in [-0.39, 0.29) is 6.03 Å². The Morgan fingerprint density at radius 1 is 1.48 bits per heavy atom. The van der Waals surface area contributed by atoms with Gasteiger partial charge in [-0.15, -0.1) is 0 Å². The summed E-state index contributed by atoms with van der Waals surface area (Å²) in [7, 11) is 0. The van der Waals surface area contributed by atoms with Gasteiger partial charge >= 0.3 is 6.03 Å². The zero-order valence-corrected chi connectivity index (χ0v) is 12.7. The molecule has 1 saturated heterocycles. The number of anilines is 1. The molecule has 2 N–H and O–H groups in total. The molecule has 0 bridgehead atoms. The highest BCUT2D eigenvalue weighted by Gasteiger charge is 2.22. The third-order valence-corrected chi connectivity index (χ3v) is 3.38. The second kappa shape index (κ2) is 7.31. The fourth-order valence-corrected chi connectivity index (χ4v) is 2.29. The van der Waals surface area contributed by atoms with Crippen molar-refractivity contribution in [2.75, 3.05) is 25.0 Å². The minimum atomic E-state index is -0.420. The molecule has 116 valence electrons. The Kier molecular flexibility index (Phi) is 5.44. The van der Waals surface area contributed by atoms with Crippen molar-refractivity contribution in [1.82, 2.24) is 4.90 Å². The van der Waals surface area contributed by atoms with E-state index < -0.39 is 6.10 Å². The van der Waals surface area contributed by atoms with E-state index >= 15 is 0 Å². The molecule has 2 amide bonds. The summed E-state index contributed by atoms with van der Waals surface area (Å²) >= 11 is 0. The van der Waals surface area contributed by atoms with Crippen LogP contribution in [0, 0.1) is 5.92 Å². The first-order valence-electron chi connectivity index (χ1n) is 7.52. The number of hydrogen-bond acceptors (Lipinski definition) is 3. The van der Waals surface area contributed by atoms with Gasteiger partial charge in [0.25, 0.3) is 0 Å².